The Labute approximate surface area is 141 Å². The molecule has 0 aliphatic carbocycles. The molecule has 2 saturated heterocycles. The monoisotopic (exact) mass is 415 g/mol. The van der Waals surface area contributed by atoms with E-state index in [2.05, 4.69) is 54.3 Å². The number of rotatable bonds is 3. The number of nitrogens with zero attached hydrogens (tertiary/aromatic N) is 1. The highest BCUT2D eigenvalue weighted by Gasteiger charge is 2.42. The van der Waals surface area contributed by atoms with E-state index in [-0.39, 0.29) is 5.91 Å². The van der Waals surface area contributed by atoms with E-state index < -0.39 is 0 Å². The molecule has 1 amide bonds. The number of hydrogen-bond donors (Lipinski definition) is 2. The predicted octanol–water partition coefficient (Wildman–Crippen LogP) is 2.69. The van der Waals surface area contributed by atoms with Crippen molar-refractivity contribution in [1.82, 2.24) is 10.2 Å². The Kier molecular flexibility index (Phi) is 4.69. The number of nitrogens with one attached hydrogen (secondary N) is 2. The molecular weight excluding hydrogens is 398 g/mol. The Morgan fingerprint density at radius 3 is 2.95 bits per heavy atom. The second-order valence-corrected chi connectivity index (χ2v) is 7.69. The van der Waals surface area contributed by atoms with Gasteiger partial charge >= 0.3 is 0 Å². The largest absolute Gasteiger partial charge is 0.324 e. The normalized spacial score (nSPS) is 28.6. The molecule has 1 aromatic rings. The highest BCUT2D eigenvalue weighted by molar-refractivity contribution is 9.11. The number of anilines is 1. The lowest BCUT2D eigenvalue weighted by molar-refractivity contribution is -0.117. The van der Waals surface area contributed by atoms with Crippen LogP contribution in [0.2, 0.25) is 0 Å². The summed E-state index contributed by atoms with van der Waals surface area (Å²) < 4.78 is 1.88. The van der Waals surface area contributed by atoms with E-state index in [1.54, 1.807) is 0 Å². The number of halogens is 2. The summed E-state index contributed by atoms with van der Waals surface area (Å²) in [6.07, 6.45) is 0. The van der Waals surface area contributed by atoms with Crippen LogP contribution in [0.3, 0.4) is 0 Å². The predicted molar refractivity (Wildman–Crippen MR) is 91.4 cm³/mol. The minimum Gasteiger partial charge on any atom is -0.324 e. The molecule has 114 valence electrons. The van der Waals surface area contributed by atoms with Crippen LogP contribution in [0.1, 0.15) is 6.92 Å². The lowest BCUT2D eigenvalue weighted by Crippen LogP contribution is -2.38. The number of benzene rings is 1. The summed E-state index contributed by atoms with van der Waals surface area (Å²) in [7, 11) is 0. The second kappa shape index (κ2) is 6.36. The molecule has 0 radical (unpaired) electrons. The van der Waals surface area contributed by atoms with Crippen LogP contribution in [0, 0.1) is 11.8 Å². The molecule has 2 heterocycles. The molecule has 0 bridgehead atoms. The maximum Gasteiger partial charge on any atom is 0.238 e. The van der Waals surface area contributed by atoms with Crippen LogP contribution in [0.25, 0.3) is 0 Å². The van der Waals surface area contributed by atoms with Gasteiger partial charge in [-0.15, -0.1) is 0 Å². The lowest BCUT2D eigenvalue weighted by atomic mass is 9.95. The Balaban J connectivity index is 1.59. The fourth-order valence-corrected chi connectivity index (χ4v) is 4.58. The zero-order valence-electron chi connectivity index (χ0n) is 11.9. The Morgan fingerprint density at radius 1 is 1.43 bits per heavy atom. The van der Waals surface area contributed by atoms with Gasteiger partial charge in [-0.05, 0) is 66.0 Å². The van der Waals surface area contributed by atoms with Crippen LogP contribution in [0.4, 0.5) is 5.69 Å². The van der Waals surface area contributed by atoms with Gasteiger partial charge in [0.15, 0.2) is 0 Å². The van der Waals surface area contributed by atoms with Crippen LogP contribution in [0.5, 0.6) is 0 Å². The van der Waals surface area contributed by atoms with Crippen LogP contribution < -0.4 is 10.6 Å². The molecule has 0 spiro atoms. The molecule has 0 aromatic heterocycles. The topological polar surface area (TPSA) is 44.4 Å². The molecular formula is C15H19Br2N3O. The third-order valence-electron chi connectivity index (χ3n) is 4.61. The standard InChI is InChI=1S/C15H19Br2N3O/c1-9-12-6-18-5-10(12)7-20(9)8-15(21)19-14-3-2-11(16)4-13(14)17/h2-4,9-10,12,18H,5-8H2,1H3,(H,19,21). The quantitative estimate of drug-likeness (QED) is 0.796. The van der Waals surface area contributed by atoms with Gasteiger partial charge in [0, 0.05) is 21.5 Å². The summed E-state index contributed by atoms with van der Waals surface area (Å²) in [4.78, 5) is 14.6. The number of fused-ring (bicyclic) bond motifs is 1. The van der Waals surface area contributed by atoms with Crippen molar-refractivity contribution in [2.24, 2.45) is 11.8 Å². The highest BCUT2D eigenvalue weighted by atomic mass is 79.9. The molecule has 2 aliphatic rings. The molecule has 3 unspecified atom stereocenters. The van der Waals surface area contributed by atoms with Gasteiger partial charge in [-0.3, -0.25) is 9.69 Å². The first-order chi connectivity index (χ1) is 10.0. The van der Waals surface area contributed by atoms with Crippen molar-refractivity contribution < 1.29 is 4.79 Å². The first-order valence-electron chi connectivity index (χ1n) is 7.24. The highest BCUT2D eigenvalue weighted by Crippen LogP contribution is 2.32. The van der Waals surface area contributed by atoms with Gasteiger partial charge in [-0.25, -0.2) is 0 Å². The smallest absolute Gasteiger partial charge is 0.238 e. The molecule has 6 heteroatoms. The summed E-state index contributed by atoms with van der Waals surface area (Å²) in [5.74, 6) is 1.45. The molecule has 1 aromatic carbocycles. The summed E-state index contributed by atoms with van der Waals surface area (Å²) in [5, 5.41) is 6.43. The van der Waals surface area contributed by atoms with Crippen molar-refractivity contribution in [2.75, 3.05) is 31.5 Å². The molecule has 3 rings (SSSR count). The van der Waals surface area contributed by atoms with Crippen molar-refractivity contribution in [3.05, 3.63) is 27.1 Å². The number of carbonyl (C=O) groups excluding carboxylic acids is 1. The first kappa shape index (κ1) is 15.5. The van der Waals surface area contributed by atoms with E-state index in [1.165, 1.54) is 0 Å². The van der Waals surface area contributed by atoms with Crippen LogP contribution >= 0.6 is 31.9 Å². The Morgan fingerprint density at radius 2 is 2.24 bits per heavy atom. The van der Waals surface area contributed by atoms with E-state index in [1.807, 2.05) is 18.2 Å². The van der Waals surface area contributed by atoms with Gasteiger partial charge in [0.25, 0.3) is 0 Å². The summed E-state index contributed by atoms with van der Waals surface area (Å²) in [6, 6.07) is 6.24. The Hall–Kier alpha value is -0.430. The lowest BCUT2D eigenvalue weighted by Gasteiger charge is -2.23. The van der Waals surface area contributed by atoms with Gasteiger partial charge in [0.2, 0.25) is 5.91 Å². The van der Waals surface area contributed by atoms with Crippen molar-refractivity contribution in [3.63, 3.8) is 0 Å². The zero-order chi connectivity index (χ0) is 15.0. The maximum atomic E-state index is 12.3. The third kappa shape index (κ3) is 3.33. The molecule has 4 nitrogen and oxygen atoms in total. The van der Waals surface area contributed by atoms with Gasteiger partial charge in [-0.2, -0.15) is 0 Å². The fraction of sp³-hybridized carbons (Fsp3) is 0.533. The average Bonchev–Trinajstić information content (AvgIpc) is 2.98. The minimum atomic E-state index is 0.0535. The van der Waals surface area contributed by atoms with Crippen molar-refractivity contribution in [1.29, 1.82) is 0 Å². The SMILES string of the molecule is CC1C2CNCC2CN1CC(=O)Nc1ccc(Br)cc1Br. The summed E-state index contributed by atoms with van der Waals surface area (Å²) in [6.45, 7) is 5.90. The Bertz CT molecular complexity index is 552. The maximum absolute atomic E-state index is 12.3. The average molecular weight is 417 g/mol. The van der Waals surface area contributed by atoms with Crippen LogP contribution in [-0.4, -0.2) is 43.0 Å². The number of carbonyl (C=O) groups is 1. The van der Waals surface area contributed by atoms with Crippen LogP contribution in [0.15, 0.2) is 27.1 Å². The second-order valence-electron chi connectivity index (χ2n) is 5.92. The molecule has 3 atom stereocenters. The number of amides is 1. The van der Waals surface area contributed by atoms with Gasteiger partial charge in [0.1, 0.15) is 0 Å². The van der Waals surface area contributed by atoms with Crippen LogP contribution in [-0.2, 0) is 4.79 Å². The van der Waals surface area contributed by atoms with E-state index in [4.69, 9.17) is 0 Å². The molecule has 0 saturated carbocycles. The number of hydrogen-bond acceptors (Lipinski definition) is 3. The first-order valence-corrected chi connectivity index (χ1v) is 8.83. The third-order valence-corrected chi connectivity index (χ3v) is 5.76. The van der Waals surface area contributed by atoms with Gasteiger partial charge in [-0.1, -0.05) is 15.9 Å². The van der Waals surface area contributed by atoms with E-state index in [0.717, 1.165) is 34.3 Å². The number of likely N-dealkylation sites (tertiary alicyclic amines) is 1. The fourth-order valence-electron chi connectivity index (χ4n) is 3.43. The molecule has 2 aliphatic heterocycles. The van der Waals surface area contributed by atoms with Crippen molar-refractivity contribution in [3.8, 4) is 0 Å². The zero-order valence-corrected chi connectivity index (χ0v) is 15.1. The minimum absolute atomic E-state index is 0.0535. The van der Waals surface area contributed by atoms with E-state index in [9.17, 15) is 4.79 Å². The van der Waals surface area contributed by atoms with E-state index in [0.29, 0.717) is 24.4 Å². The van der Waals surface area contributed by atoms with Gasteiger partial charge < -0.3 is 10.6 Å². The summed E-state index contributed by atoms with van der Waals surface area (Å²) in [5.41, 5.74) is 0.817. The summed E-state index contributed by atoms with van der Waals surface area (Å²) >= 11 is 6.88. The molecule has 2 N–H and O–H groups in total. The van der Waals surface area contributed by atoms with E-state index >= 15 is 0 Å². The van der Waals surface area contributed by atoms with Crippen molar-refractivity contribution >= 4 is 43.5 Å². The molecule has 2 fully saturated rings. The molecule has 21 heavy (non-hydrogen) atoms. The van der Waals surface area contributed by atoms with Gasteiger partial charge in [0.05, 0.1) is 12.2 Å². The van der Waals surface area contributed by atoms with Crippen molar-refractivity contribution in [2.45, 2.75) is 13.0 Å².